The van der Waals surface area contributed by atoms with E-state index in [0.29, 0.717) is 19.2 Å². The van der Waals surface area contributed by atoms with Crippen molar-refractivity contribution < 1.29 is 9.53 Å². The summed E-state index contributed by atoms with van der Waals surface area (Å²) in [5, 5.41) is 8.14. The molecule has 0 bridgehead atoms. The smallest absolute Gasteiger partial charge is 0.233 e. The third-order valence-electron chi connectivity index (χ3n) is 4.95. The molecule has 1 atom stereocenters. The van der Waals surface area contributed by atoms with Crippen LogP contribution in [0.25, 0.3) is 11.1 Å². The zero-order valence-corrected chi connectivity index (χ0v) is 16.6. The molecule has 0 saturated carbocycles. The number of hydrogen-bond acceptors (Lipinski definition) is 5. The standard InChI is InChI=1S/C20H28N5O2/c1-16(26)25(24-9-8-19(15-24)22(2)3)10-11-27-20-7-5-6-17(12-20)18-13-21-23(4)14-18/h6-7,12-14,19H,8-11,15H2,1-4H3. The lowest BCUT2D eigenvalue weighted by Crippen LogP contribution is -2.47. The van der Waals surface area contributed by atoms with Crippen molar-refractivity contribution in [3.63, 3.8) is 0 Å². The van der Waals surface area contributed by atoms with Crippen LogP contribution in [0.5, 0.6) is 5.75 Å². The maximum absolute atomic E-state index is 12.1. The first-order valence-corrected chi connectivity index (χ1v) is 9.26. The lowest BCUT2D eigenvalue weighted by Gasteiger charge is -2.31. The molecule has 1 amide bonds. The van der Waals surface area contributed by atoms with Crippen LogP contribution in [0.3, 0.4) is 0 Å². The van der Waals surface area contributed by atoms with Gasteiger partial charge >= 0.3 is 0 Å². The summed E-state index contributed by atoms with van der Waals surface area (Å²) >= 11 is 0. The van der Waals surface area contributed by atoms with Crippen LogP contribution in [0.1, 0.15) is 13.3 Å². The molecule has 1 fully saturated rings. The summed E-state index contributed by atoms with van der Waals surface area (Å²) in [6.07, 6.45) is 4.84. The molecule has 1 radical (unpaired) electrons. The topological polar surface area (TPSA) is 53.8 Å². The fourth-order valence-corrected chi connectivity index (χ4v) is 3.38. The molecule has 7 nitrogen and oxygen atoms in total. The van der Waals surface area contributed by atoms with E-state index < -0.39 is 0 Å². The van der Waals surface area contributed by atoms with Crippen LogP contribution >= 0.6 is 0 Å². The molecular weight excluding hydrogens is 342 g/mol. The van der Waals surface area contributed by atoms with Gasteiger partial charge in [-0.15, -0.1) is 0 Å². The molecule has 0 N–H and O–H groups in total. The summed E-state index contributed by atoms with van der Waals surface area (Å²) < 4.78 is 7.67. The zero-order valence-electron chi connectivity index (χ0n) is 16.6. The van der Waals surface area contributed by atoms with Gasteiger partial charge in [0.2, 0.25) is 5.91 Å². The minimum atomic E-state index is 0.0497. The van der Waals surface area contributed by atoms with Gasteiger partial charge in [0.05, 0.1) is 12.7 Å². The summed E-state index contributed by atoms with van der Waals surface area (Å²) in [7, 11) is 6.06. The number of nitrogens with zero attached hydrogens (tertiary/aromatic N) is 5. The number of benzene rings is 1. The molecule has 145 valence electrons. The molecule has 1 aromatic carbocycles. The second kappa shape index (κ2) is 8.54. The Labute approximate surface area is 161 Å². The SMILES string of the molecule is CC(=O)N(CCOc1c[c]cc(-c2cnn(C)c2)c1)N1CCC(N(C)C)C1. The van der Waals surface area contributed by atoms with E-state index in [9.17, 15) is 4.79 Å². The Bertz CT molecular complexity index is 773. The van der Waals surface area contributed by atoms with Crippen molar-refractivity contribution in [2.24, 2.45) is 7.05 Å². The number of amides is 1. The van der Waals surface area contributed by atoms with Crippen LogP contribution in [0.15, 0.2) is 30.6 Å². The second-order valence-corrected chi connectivity index (χ2v) is 7.17. The fraction of sp³-hybridized carbons (Fsp3) is 0.500. The average Bonchev–Trinajstić information content (AvgIpc) is 3.28. The average molecular weight is 370 g/mol. The van der Waals surface area contributed by atoms with Gasteiger partial charge < -0.3 is 9.64 Å². The number of ether oxygens (including phenoxy) is 1. The van der Waals surface area contributed by atoms with Crippen molar-refractivity contribution in [2.75, 3.05) is 40.3 Å². The minimum absolute atomic E-state index is 0.0497. The molecule has 1 saturated heterocycles. The number of rotatable bonds is 7. The highest BCUT2D eigenvalue weighted by atomic mass is 16.5. The van der Waals surface area contributed by atoms with Crippen molar-refractivity contribution in [3.05, 3.63) is 36.7 Å². The third kappa shape index (κ3) is 4.87. The zero-order chi connectivity index (χ0) is 19.4. The van der Waals surface area contributed by atoms with Crippen LogP contribution in [-0.2, 0) is 11.8 Å². The first-order chi connectivity index (χ1) is 12.9. The Morgan fingerprint density at radius 3 is 2.81 bits per heavy atom. The molecule has 2 heterocycles. The van der Waals surface area contributed by atoms with Crippen LogP contribution in [0, 0.1) is 6.07 Å². The van der Waals surface area contributed by atoms with Crippen molar-refractivity contribution in [3.8, 4) is 16.9 Å². The first-order valence-electron chi connectivity index (χ1n) is 9.26. The van der Waals surface area contributed by atoms with Gasteiger partial charge in [0.25, 0.3) is 0 Å². The molecule has 0 spiro atoms. The van der Waals surface area contributed by atoms with Gasteiger partial charge in [-0.1, -0.05) is 0 Å². The van der Waals surface area contributed by atoms with Crippen LogP contribution in [0.4, 0.5) is 0 Å². The van der Waals surface area contributed by atoms with Crippen LogP contribution in [0.2, 0.25) is 0 Å². The normalized spacial score (nSPS) is 17.4. The molecule has 0 aliphatic carbocycles. The Hall–Kier alpha value is -2.38. The van der Waals surface area contributed by atoms with Crippen molar-refractivity contribution >= 4 is 5.91 Å². The van der Waals surface area contributed by atoms with Crippen molar-refractivity contribution in [1.29, 1.82) is 0 Å². The Morgan fingerprint density at radius 2 is 2.19 bits per heavy atom. The van der Waals surface area contributed by atoms with E-state index in [1.807, 2.05) is 37.6 Å². The van der Waals surface area contributed by atoms with Gasteiger partial charge in [-0.2, -0.15) is 5.10 Å². The van der Waals surface area contributed by atoms with Crippen molar-refractivity contribution in [2.45, 2.75) is 19.4 Å². The van der Waals surface area contributed by atoms with E-state index >= 15 is 0 Å². The monoisotopic (exact) mass is 370 g/mol. The molecule has 1 aliphatic rings. The molecule has 7 heteroatoms. The molecule has 1 aromatic heterocycles. The third-order valence-corrected chi connectivity index (χ3v) is 4.95. The predicted octanol–water partition coefficient (Wildman–Crippen LogP) is 1.67. The van der Waals surface area contributed by atoms with Crippen molar-refractivity contribution in [1.82, 2.24) is 24.7 Å². The molecule has 1 unspecified atom stereocenters. The van der Waals surface area contributed by atoms with Gasteiger partial charge in [0.1, 0.15) is 12.4 Å². The number of hydrogen-bond donors (Lipinski definition) is 0. The summed E-state index contributed by atoms with van der Waals surface area (Å²) in [6, 6.07) is 9.30. The maximum Gasteiger partial charge on any atom is 0.233 e. The number of hydrazine groups is 1. The number of aromatic nitrogens is 2. The largest absolute Gasteiger partial charge is 0.492 e. The molecular formula is C20H28N5O2. The highest BCUT2D eigenvalue weighted by molar-refractivity contribution is 5.72. The Kier molecular flexibility index (Phi) is 6.13. The Morgan fingerprint density at radius 1 is 1.37 bits per heavy atom. The van der Waals surface area contributed by atoms with Crippen LogP contribution < -0.4 is 4.74 Å². The van der Waals surface area contributed by atoms with Gasteiger partial charge in [-0.05, 0) is 50.3 Å². The summed E-state index contributed by atoms with van der Waals surface area (Å²) in [5.74, 6) is 0.793. The second-order valence-electron chi connectivity index (χ2n) is 7.17. The maximum atomic E-state index is 12.1. The lowest BCUT2D eigenvalue weighted by atomic mass is 10.1. The van der Waals surface area contributed by atoms with Crippen LogP contribution in [-0.4, -0.2) is 77.0 Å². The molecule has 3 rings (SSSR count). The predicted molar refractivity (Wildman–Crippen MR) is 104 cm³/mol. The molecule has 1 aliphatic heterocycles. The minimum Gasteiger partial charge on any atom is -0.492 e. The quantitative estimate of drug-likeness (QED) is 0.742. The lowest BCUT2D eigenvalue weighted by molar-refractivity contribution is -0.145. The first kappa shape index (κ1) is 19.4. The summed E-state index contributed by atoms with van der Waals surface area (Å²) in [5.41, 5.74) is 2.04. The number of carbonyl (C=O) groups is 1. The van der Waals surface area contributed by atoms with Gasteiger partial charge in [-0.3, -0.25) is 14.5 Å². The van der Waals surface area contributed by atoms with E-state index in [2.05, 4.69) is 35.2 Å². The summed E-state index contributed by atoms with van der Waals surface area (Å²) in [6.45, 7) is 4.35. The van der Waals surface area contributed by atoms with Gasteiger partial charge in [-0.25, -0.2) is 5.01 Å². The van der Waals surface area contributed by atoms with E-state index in [0.717, 1.165) is 36.4 Å². The van der Waals surface area contributed by atoms with E-state index in [4.69, 9.17) is 4.74 Å². The number of likely N-dealkylation sites (N-methyl/N-ethyl adjacent to an activating group) is 1. The number of aryl methyl sites for hydroxylation is 1. The van der Waals surface area contributed by atoms with E-state index in [-0.39, 0.29) is 5.91 Å². The Balaban J connectivity index is 1.57. The van der Waals surface area contributed by atoms with E-state index in [1.165, 1.54) is 0 Å². The molecule has 27 heavy (non-hydrogen) atoms. The number of carbonyl (C=O) groups excluding carboxylic acids is 1. The summed E-state index contributed by atoms with van der Waals surface area (Å²) in [4.78, 5) is 14.3. The highest BCUT2D eigenvalue weighted by Crippen LogP contribution is 2.23. The highest BCUT2D eigenvalue weighted by Gasteiger charge is 2.29. The van der Waals surface area contributed by atoms with Gasteiger partial charge in [0, 0.05) is 44.9 Å². The van der Waals surface area contributed by atoms with E-state index in [1.54, 1.807) is 16.6 Å². The fourth-order valence-electron chi connectivity index (χ4n) is 3.38. The van der Waals surface area contributed by atoms with Gasteiger partial charge in [0.15, 0.2) is 0 Å². The molecule has 2 aromatic rings.